The smallest absolute Gasteiger partial charge is 0.00141 e. The summed E-state index contributed by atoms with van der Waals surface area (Å²) < 4.78 is 0. The molecule has 0 aromatic heterocycles. The number of unbranched alkanes of at least 4 members (excludes halogenated alkanes) is 6. The zero-order valence-electron chi connectivity index (χ0n) is 9.54. The van der Waals surface area contributed by atoms with Crippen molar-refractivity contribution in [3.05, 3.63) is 0 Å². The zero-order chi connectivity index (χ0) is 10.6. The third-order valence-corrected chi connectivity index (χ3v) is 3.61. The lowest BCUT2D eigenvalue weighted by Gasteiger charge is -2.06. The van der Waals surface area contributed by atoms with Gasteiger partial charge in [-0.15, -0.1) is 0 Å². The van der Waals surface area contributed by atoms with Crippen molar-refractivity contribution in [1.82, 2.24) is 0 Å². The topological polar surface area (TPSA) is 0 Å². The van der Waals surface area contributed by atoms with Crippen LogP contribution in [0.4, 0.5) is 0 Å². The predicted molar refractivity (Wildman–Crippen MR) is 73.9 cm³/mol. The second-order valence-electron chi connectivity index (χ2n) is 4.05. The number of rotatable bonds is 10. The molecule has 14 heavy (non-hydrogen) atoms. The van der Waals surface area contributed by atoms with Crippen molar-refractivity contribution < 1.29 is 0 Å². The number of hydrogen-bond acceptors (Lipinski definition) is 2. The molecule has 0 aliphatic carbocycles. The Bertz CT molecular complexity index is 104. The molecule has 86 valence electrons. The van der Waals surface area contributed by atoms with Crippen molar-refractivity contribution in [3.63, 3.8) is 0 Å². The molecule has 0 aromatic carbocycles. The van der Waals surface area contributed by atoms with Gasteiger partial charge in [-0.1, -0.05) is 45.4 Å². The van der Waals surface area contributed by atoms with E-state index in [4.69, 9.17) is 0 Å². The minimum atomic E-state index is 0.638. The van der Waals surface area contributed by atoms with E-state index >= 15 is 0 Å². The fraction of sp³-hybridized carbons (Fsp3) is 1.00. The highest BCUT2D eigenvalue weighted by Gasteiger charge is 1.98. The first kappa shape index (κ1) is 14.7. The van der Waals surface area contributed by atoms with Gasteiger partial charge in [-0.2, -0.15) is 25.3 Å². The monoisotopic (exact) mass is 234 g/mol. The molecule has 0 amide bonds. The Morgan fingerprint density at radius 2 is 1.36 bits per heavy atom. The van der Waals surface area contributed by atoms with E-state index < -0.39 is 0 Å². The molecule has 1 unspecified atom stereocenters. The minimum Gasteiger partial charge on any atom is -0.179 e. The molecule has 0 nitrogen and oxygen atoms in total. The first-order valence-electron chi connectivity index (χ1n) is 6.10. The van der Waals surface area contributed by atoms with Gasteiger partial charge in [0, 0.05) is 5.25 Å². The number of hydrogen-bond donors (Lipinski definition) is 2. The van der Waals surface area contributed by atoms with Crippen LogP contribution >= 0.6 is 25.3 Å². The molecule has 1 atom stereocenters. The molecule has 0 aliphatic heterocycles. The molecule has 0 saturated carbocycles. The highest BCUT2D eigenvalue weighted by atomic mass is 32.1. The SMILES string of the molecule is CCC(S)CCCCCCCCCS. The van der Waals surface area contributed by atoms with Gasteiger partial charge in [0.1, 0.15) is 0 Å². The lowest BCUT2D eigenvalue weighted by atomic mass is 10.1. The summed E-state index contributed by atoms with van der Waals surface area (Å²) in [5.41, 5.74) is 0. The fourth-order valence-corrected chi connectivity index (χ4v) is 1.99. The average Bonchev–Trinajstić information content (AvgIpc) is 2.21. The van der Waals surface area contributed by atoms with E-state index in [0.717, 1.165) is 5.75 Å². The van der Waals surface area contributed by atoms with Crippen molar-refractivity contribution in [2.24, 2.45) is 0 Å². The van der Waals surface area contributed by atoms with Gasteiger partial charge in [0.2, 0.25) is 0 Å². The van der Waals surface area contributed by atoms with E-state index in [1.54, 1.807) is 0 Å². The highest BCUT2D eigenvalue weighted by Crippen LogP contribution is 2.13. The quantitative estimate of drug-likeness (QED) is 0.396. The van der Waals surface area contributed by atoms with E-state index in [9.17, 15) is 0 Å². The first-order valence-corrected chi connectivity index (χ1v) is 7.25. The van der Waals surface area contributed by atoms with Crippen LogP contribution in [-0.2, 0) is 0 Å². The lowest BCUT2D eigenvalue weighted by molar-refractivity contribution is 0.568. The van der Waals surface area contributed by atoms with Crippen LogP contribution in [0.3, 0.4) is 0 Å². The second kappa shape index (κ2) is 11.8. The molecule has 2 heteroatoms. The third-order valence-electron chi connectivity index (χ3n) is 2.67. The maximum absolute atomic E-state index is 4.49. The van der Waals surface area contributed by atoms with Gasteiger partial charge >= 0.3 is 0 Å². The third kappa shape index (κ3) is 10.8. The van der Waals surface area contributed by atoms with Crippen LogP contribution in [0, 0.1) is 0 Å². The van der Waals surface area contributed by atoms with Crippen molar-refractivity contribution >= 4 is 25.3 Å². The van der Waals surface area contributed by atoms with Gasteiger partial charge < -0.3 is 0 Å². The van der Waals surface area contributed by atoms with Gasteiger partial charge in [0.15, 0.2) is 0 Å². The van der Waals surface area contributed by atoms with Gasteiger partial charge in [0.25, 0.3) is 0 Å². The van der Waals surface area contributed by atoms with Crippen molar-refractivity contribution in [1.29, 1.82) is 0 Å². The van der Waals surface area contributed by atoms with E-state index in [0.29, 0.717) is 5.25 Å². The Balaban J connectivity index is 2.92. The van der Waals surface area contributed by atoms with Gasteiger partial charge in [-0.25, -0.2) is 0 Å². The summed E-state index contributed by atoms with van der Waals surface area (Å²) in [5.74, 6) is 1.05. The van der Waals surface area contributed by atoms with E-state index in [1.807, 2.05) is 0 Å². The molecule has 0 aliphatic rings. The largest absolute Gasteiger partial charge is 0.179 e. The van der Waals surface area contributed by atoms with E-state index in [2.05, 4.69) is 32.2 Å². The fourth-order valence-electron chi connectivity index (χ4n) is 1.58. The molecule has 0 spiro atoms. The van der Waals surface area contributed by atoms with Crippen LogP contribution in [0.25, 0.3) is 0 Å². The molecule has 0 fully saturated rings. The Hall–Kier alpha value is 0.700. The molecule has 0 N–H and O–H groups in total. The van der Waals surface area contributed by atoms with Crippen LogP contribution < -0.4 is 0 Å². The molecular weight excluding hydrogens is 208 g/mol. The summed E-state index contributed by atoms with van der Waals surface area (Å²) in [7, 11) is 0. The molecule has 0 heterocycles. The van der Waals surface area contributed by atoms with Gasteiger partial charge in [-0.05, 0) is 25.0 Å². The summed E-state index contributed by atoms with van der Waals surface area (Å²) in [4.78, 5) is 0. The molecule has 0 bridgehead atoms. The summed E-state index contributed by atoms with van der Waals surface area (Å²) in [6, 6.07) is 0. The molecule has 0 rings (SSSR count). The first-order chi connectivity index (χ1) is 6.81. The van der Waals surface area contributed by atoms with Crippen LogP contribution in [0.15, 0.2) is 0 Å². The molecule has 0 aromatic rings. The van der Waals surface area contributed by atoms with Crippen LogP contribution in [0.5, 0.6) is 0 Å². The Morgan fingerprint density at radius 3 is 1.86 bits per heavy atom. The van der Waals surface area contributed by atoms with Crippen LogP contribution in [-0.4, -0.2) is 11.0 Å². The standard InChI is InChI=1S/C12H26S2/c1-2-12(14)10-8-6-4-3-5-7-9-11-13/h12-14H,2-11H2,1H3. The van der Waals surface area contributed by atoms with Crippen LogP contribution in [0.1, 0.15) is 64.7 Å². The summed E-state index contributed by atoms with van der Waals surface area (Å²) in [6.45, 7) is 2.22. The molecular formula is C12H26S2. The maximum atomic E-state index is 4.49. The summed E-state index contributed by atoms with van der Waals surface area (Å²) in [5, 5.41) is 0.638. The lowest BCUT2D eigenvalue weighted by Crippen LogP contribution is -1.95. The Morgan fingerprint density at radius 1 is 0.857 bits per heavy atom. The Labute approximate surface area is 101 Å². The van der Waals surface area contributed by atoms with E-state index in [1.165, 1.54) is 57.8 Å². The normalized spacial score (nSPS) is 13.1. The zero-order valence-corrected chi connectivity index (χ0v) is 11.3. The Kier molecular flexibility index (Phi) is 12.4. The van der Waals surface area contributed by atoms with Crippen molar-refractivity contribution in [3.8, 4) is 0 Å². The van der Waals surface area contributed by atoms with Crippen LogP contribution in [0.2, 0.25) is 0 Å². The summed E-state index contributed by atoms with van der Waals surface area (Å²) in [6.07, 6.45) is 12.2. The summed E-state index contributed by atoms with van der Waals surface area (Å²) >= 11 is 8.70. The molecule has 0 saturated heterocycles. The number of thiol groups is 2. The predicted octanol–water partition coefficient (Wildman–Crippen LogP) is 4.75. The van der Waals surface area contributed by atoms with Gasteiger partial charge in [0.05, 0.1) is 0 Å². The molecule has 0 radical (unpaired) electrons. The minimum absolute atomic E-state index is 0.638. The maximum Gasteiger partial charge on any atom is 0.00141 e. The second-order valence-corrected chi connectivity index (χ2v) is 5.23. The average molecular weight is 234 g/mol. The van der Waals surface area contributed by atoms with Crippen molar-refractivity contribution in [2.75, 3.05) is 5.75 Å². The van der Waals surface area contributed by atoms with Crippen molar-refractivity contribution in [2.45, 2.75) is 70.0 Å². The van der Waals surface area contributed by atoms with E-state index in [-0.39, 0.29) is 0 Å². The van der Waals surface area contributed by atoms with Gasteiger partial charge in [-0.3, -0.25) is 0 Å². The highest BCUT2D eigenvalue weighted by molar-refractivity contribution is 7.81.